The van der Waals surface area contributed by atoms with Crippen LogP contribution in [0.3, 0.4) is 0 Å². The summed E-state index contributed by atoms with van der Waals surface area (Å²) < 4.78 is 4.74. The maximum atomic E-state index is 11.5. The van der Waals surface area contributed by atoms with Crippen LogP contribution in [0.15, 0.2) is 30.4 Å². The van der Waals surface area contributed by atoms with Gasteiger partial charge in [-0.15, -0.1) is 0 Å². The molecule has 3 nitrogen and oxygen atoms in total. The summed E-state index contributed by atoms with van der Waals surface area (Å²) >= 11 is 0. The quantitative estimate of drug-likeness (QED) is 0.788. The van der Waals surface area contributed by atoms with Gasteiger partial charge < -0.3 is 9.72 Å². The fourth-order valence-electron chi connectivity index (χ4n) is 2.36. The van der Waals surface area contributed by atoms with Crippen LogP contribution in [0, 0.1) is 5.92 Å². The number of nitrogens with one attached hydrogen (secondary N) is 1. The second-order valence-corrected chi connectivity index (χ2v) is 4.78. The van der Waals surface area contributed by atoms with Crippen molar-refractivity contribution < 1.29 is 9.53 Å². The van der Waals surface area contributed by atoms with Crippen LogP contribution in [-0.4, -0.2) is 18.1 Å². The van der Waals surface area contributed by atoms with E-state index in [1.807, 2.05) is 12.1 Å². The molecule has 96 valence electrons. The van der Waals surface area contributed by atoms with Crippen LogP contribution in [-0.2, 0) is 4.74 Å². The zero-order chi connectivity index (χ0) is 13.4. The van der Waals surface area contributed by atoms with Crippen LogP contribution in [0.2, 0.25) is 0 Å². The van der Waals surface area contributed by atoms with Gasteiger partial charge >= 0.3 is 5.97 Å². The Bertz CT molecular complexity index is 707. The minimum atomic E-state index is -0.314. The van der Waals surface area contributed by atoms with E-state index < -0.39 is 0 Å². The molecular weight excluding hydrogens is 238 g/mol. The molecule has 0 fully saturated rings. The fourth-order valence-corrected chi connectivity index (χ4v) is 2.36. The highest BCUT2D eigenvalue weighted by Crippen LogP contribution is 2.28. The average Bonchev–Trinajstić information content (AvgIpc) is 2.68. The first-order valence-electron chi connectivity index (χ1n) is 6.29. The number of carbonyl (C=O) groups is 1. The van der Waals surface area contributed by atoms with Gasteiger partial charge in [0.1, 0.15) is 0 Å². The molecule has 19 heavy (non-hydrogen) atoms. The van der Waals surface area contributed by atoms with Crippen molar-refractivity contribution in [1.29, 1.82) is 0 Å². The van der Waals surface area contributed by atoms with Crippen molar-refractivity contribution in [1.82, 2.24) is 4.98 Å². The molecule has 0 radical (unpaired) electrons. The van der Waals surface area contributed by atoms with E-state index in [-0.39, 0.29) is 5.97 Å². The Morgan fingerprint density at radius 3 is 2.84 bits per heavy atom. The Morgan fingerprint density at radius 2 is 2.05 bits per heavy atom. The summed E-state index contributed by atoms with van der Waals surface area (Å²) in [5, 5.41) is 1.12. The topological polar surface area (TPSA) is 42.1 Å². The van der Waals surface area contributed by atoms with Crippen molar-refractivity contribution in [2.45, 2.75) is 6.92 Å². The molecule has 0 saturated carbocycles. The number of rotatable bonds is 1. The van der Waals surface area contributed by atoms with E-state index in [1.54, 1.807) is 6.07 Å². The molecule has 1 N–H and O–H groups in total. The molecule has 0 amide bonds. The highest BCUT2D eigenvalue weighted by atomic mass is 16.5. The van der Waals surface area contributed by atoms with Crippen LogP contribution >= 0.6 is 0 Å². The predicted molar refractivity (Wildman–Crippen MR) is 76.9 cm³/mol. The molecule has 0 saturated heterocycles. The van der Waals surface area contributed by atoms with Crippen LogP contribution in [0.1, 0.15) is 28.5 Å². The van der Waals surface area contributed by atoms with E-state index in [2.05, 4.69) is 36.2 Å². The van der Waals surface area contributed by atoms with Gasteiger partial charge in [0.05, 0.1) is 12.7 Å². The molecule has 1 aliphatic rings. The number of fused-ring (bicyclic) bond motifs is 3. The number of aromatic nitrogens is 1. The molecule has 1 aromatic carbocycles. The molecule has 0 spiro atoms. The van der Waals surface area contributed by atoms with Gasteiger partial charge in [-0.2, -0.15) is 0 Å². The van der Waals surface area contributed by atoms with Gasteiger partial charge in [0.25, 0.3) is 0 Å². The van der Waals surface area contributed by atoms with Gasteiger partial charge in [-0.3, -0.25) is 0 Å². The van der Waals surface area contributed by atoms with E-state index in [1.165, 1.54) is 12.7 Å². The highest BCUT2D eigenvalue weighted by Gasteiger charge is 2.12. The van der Waals surface area contributed by atoms with E-state index in [0.717, 1.165) is 16.6 Å². The number of hydrogen-bond acceptors (Lipinski definition) is 2. The molecule has 1 heterocycles. The van der Waals surface area contributed by atoms with E-state index in [9.17, 15) is 4.79 Å². The predicted octanol–water partition coefficient (Wildman–Crippen LogP) is 3.63. The number of hydrogen-bond donors (Lipinski definition) is 1. The molecule has 1 atom stereocenters. The Kier molecular flexibility index (Phi) is 2.75. The molecule has 0 aliphatic heterocycles. The number of allylic oxidation sites excluding steroid dienone is 2. The third-order valence-electron chi connectivity index (χ3n) is 3.42. The number of methoxy groups -OCH3 is 1. The van der Waals surface area contributed by atoms with Crippen molar-refractivity contribution in [3.63, 3.8) is 0 Å². The summed E-state index contributed by atoms with van der Waals surface area (Å²) in [7, 11) is 1.39. The summed E-state index contributed by atoms with van der Waals surface area (Å²) in [4.78, 5) is 14.9. The smallest absolute Gasteiger partial charge is 0.337 e. The van der Waals surface area contributed by atoms with Crippen LogP contribution in [0.5, 0.6) is 0 Å². The van der Waals surface area contributed by atoms with E-state index in [0.29, 0.717) is 11.5 Å². The Hall–Kier alpha value is -2.29. The van der Waals surface area contributed by atoms with Gasteiger partial charge in [-0.05, 0) is 24.1 Å². The molecule has 1 aromatic heterocycles. The third-order valence-corrected chi connectivity index (χ3v) is 3.42. The van der Waals surface area contributed by atoms with Gasteiger partial charge in [0.2, 0.25) is 0 Å². The molecule has 2 aromatic rings. The lowest BCUT2D eigenvalue weighted by atomic mass is 10.1. The Labute approximate surface area is 111 Å². The number of benzene rings is 1. The van der Waals surface area contributed by atoms with Crippen molar-refractivity contribution in [2.75, 3.05) is 7.11 Å². The monoisotopic (exact) mass is 253 g/mol. The van der Waals surface area contributed by atoms with Gasteiger partial charge in [0, 0.05) is 22.2 Å². The average molecular weight is 253 g/mol. The van der Waals surface area contributed by atoms with Crippen molar-refractivity contribution in [3.05, 3.63) is 47.2 Å². The van der Waals surface area contributed by atoms with Crippen LogP contribution in [0.4, 0.5) is 0 Å². The van der Waals surface area contributed by atoms with Crippen molar-refractivity contribution >= 4 is 29.0 Å². The lowest BCUT2D eigenvalue weighted by molar-refractivity contribution is 0.0601. The maximum Gasteiger partial charge on any atom is 0.337 e. The first kappa shape index (κ1) is 11.8. The van der Waals surface area contributed by atoms with Gasteiger partial charge in [0.15, 0.2) is 0 Å². The molecular formula is C16H15NO2. The molecule has 0 bridgehead atoms. The SMILES string of the molecule is COC(=O)c1ccc2c3c([nH]c2c1)C=CC(C)C=C3. The third kappa shape index (κ3) is 1.97. The van der Waals surface area contributed by atoms with E-state index >= 15 is 0 Å². The van der Waals surface area contributed by atoms with E-state index in [4.69, 9.17) is 4.74 Å². The molecule has 3 rings (SSSR count). The zero-order valence-electron chi connectivity index (χ0n) is 10.9. The molecule has 1 aliphatic carbocycles. The number of esters is 1. The summed E-state index contributed by atoms with van der Waals surface area (Å²) in [5.41, 5.74) is 3.77. The largest absolute Gasteiger partial charge is 0.465 e. The van der Waals surface area contributed by atoms with Gasteiger partial charge in [-0.25, -0.2) is 4.79 Å². The first-order chi connectivity index (χ1) is 9.19. The number of H-pyrrole nitrogens is 1. The molecule has 3 heteroatoms. The van der Waals surface area contributed by atoms with Crippen LogP contribution in [0.25, 0.3) is 23.1 Å². The maximum absolute atomic E-state index is 11.5. The lowest BCUT2D eigenvalue weighted by Crippen LogP contribution is -2.00. The number of aromatic amines is 1. The number of ether oxygens (including phenoxy) is 1. The van der Waals surface area contributed by atoms with Gasteiger partial charge in [-0.1, -0.05) is 31.2 Å². The zero-order valence-corrected chi connectivity index (χ0v) is 10.9. The summed E-state index contributed by atoms with van der Waals surface area (Å²) in [6.07, 6.45) is 8.55. The summed E-state index contributed by atoms with van der Waals surface area (Å²) in [6.45, 7) is 2.15. The number of carbonyl (C=O) groups excluding carboxylic acids is 1. The van der Waals surface area contributed by atoms with Crippen molar-refractivity contribution in [3.8, 4) is 0 Å². The minimum Gasteiger partial charge on any atom is -0.465 e. The van der Waals surface area contributed by atoms with Crippen LogP contribution < -0.4 is 0 Å². The lowest BCUT2D eigenvalue weighted by Gasteiger charge is -1.99. The second-order valence-electron chi connectivity index (χ2n) is 4.78. The summed E-state index contributed by atoms with van der Waals surface area (Å²) in [6, 6.07) is 5.60. The summed E-state index contributed by atoms with van der Waals surface area (Å²) in [5.74, 6) is 0.122. The fraction of sp³-hybridized carbons (Fsp3) is 0.188. The standard InChI is InChI=1S/C16H15NO2/c1-10-3-6-12-13-7-5-11(16(18)19-2)9-15(13)17-14(12)8-4-10/h3-10,17H,1-2H3. The Morgan fingerprint density at radius 1 is 1.26 bits per heavy atom. The molecule has 1 unspecified atom stereocenters. The minimum absolute atomic E-state index is 0.314. The van der Waals surface area contributed by atoms with Crippen molar-refractivity contribution in [2.24, 2.45) is 5.92 Å². The Balaban J connectivity index is 2.17. The normalized spacial score (nSPS) is 17.3. The highest BCUT2D eigenvalue weighted by molar-refractivity contribution is 5.99. The second kappa shape index (κ2) is 4.43. The first-order valence-corrected chi connectivity index (χ1v) is 6.29.